The van der Waals surface area contributed by atoms with Crippen LogP contribution in [0.15, 0.2) is 29.4 Å². The molecule has 5 heteroatoms. The summed E-state index contributed by atoms with van der Waals surface area (Å²) in [6, 6.07) is 4.91. The Labute approximate surface area is 103 Å². The number of hydrogen-bond acceptors (Lipinski definition) is 3. The molecule has 4 nitrogen and oxygen atoms in total. The average Bonchev–Trinajstić information content (AvgIpc) is 2.39. The highest BCUT2D eigenvalue weighted by Gasteiger charge is 2.19. The van der Waals surface area contributed by atoms with E-state index < -0.39 is 10.0 Å². The van der Waals surface area contributed by atoms with Crippen molar-refractivity contribution in [1.82, 2.24) is 9.71 Å². The minimum Gasteiger partial charge on any atom is -0.243 e. The van der Waals surface area contributed by atoms with E-state index in [0.717, 1.165) is 12.8 Å². The van der Waals surface area contributed by atoms with E-state index in [9.17, 15) is 8.42 Å². The summed E-state index contributed by atoms with van der Waals surface area (Å²) in [5.41, 5.74) is 0. The molecule has 0 saturated heterocycles. The lowest BCUT2D eigenvalue weighted by atomic mass is 9.90. The largest absolute Gasteiger partial charge is 0.258 e. The van der Waals surface area contributed by atoms with Gasteiger partial charge >= 0.3 is 0 Å². The number of nitrogens with zero attached hydrogens (tertiary/aromatic N) is 1. The molecule has 0 aromatic carbocycles. The standard InChI is InChI=1S/C12H18N2O2S/c15-17(16,12-8-4-5-9-13-12)14-10-11-6-2-1-3-7-11/h4-5,8-9,11,14H,1-3,6-7,10H2. The third-order valence-corrected chi connectivity index (χ3v) is 4.54. The summed E-state index contributed by atoms with van der Waals surface area (Å²) in [5.74, 6) is 0.488. The van der Waals surface area contributed by atoms with Crippen molar-refractivity contribution in [3.8, 4) is 0 Å². The number of sulfonamides is 1. The predicted octanol–water partition coefficient (Wildman–Crippen LogP) is 1.94. The van der Waals surface area contributed by atoms with Gasteiger partial charge in [-0.05, 0) is 30.9 Å². The highest BCUT2D eigenvalue weighted by atomic mass is 32.2. The fraction of sp³-hybridized carbons (Fsp3) is 0.583. The van der Waals surface area contributed by atoms with Gasteiger partial charge in [0, 0.05) is 12.7 Å². The van der Waals surface area contributed by atoms with Crippen LogP contribution in [0.25, 0.3) is 0 Å². The Kier molecular flexibility index (Phi) is 4.12. The lowest BCUT2D eigenvalue weighted by Crippen LogP contribution is -2.30. The zero-order chi connectivity index (χ0) is 12.1. The summed E-state index contributed by atoms with van der Waals surface area (Å²) >= 11 is 0. The Hall–Kier alpha value is -0.940. The summed E-state index contributed by atoms with van der Waals surface area (Å²) in [5, 5.41) is 0.107. The van der Waals surface area contributed by atoms with Crippen LogP contribution in [0.2, 0.25) is 0 Å². The molecule has 94 valence electrons. The zero-order valence-corrected chi connectivity index (χ0v) is 10.6. The van der Waals surface area contributed by atoms with Crippen LogP contribution in [-0.4, -0.2) is 19.9 Å². The second-order valence-corrected chi connectivity index (χ2v) is 6.24. The third-order valence-electron chi connectivity index (χ3n) is 3.20. The highest BCUT2D eigenvalue weighted by molar-refractivity contribution is 7.89. The van der Waals surface area contributed by atoms with Crippen LogP contribution < -0.4 is 4.72 Å². The van der Waals surface area contributed by atoms with Gasteiger partial charge in [-0.1, -0.05) is 25.3 Å². The van der Waals surface area contributed by atoms with Crippen molar-refractivity contribution in [2.75, 3.05) is 6.54 Å². The molecule has 1 aromatic heterocycles. The van der Waals surface area contributed by atoms with Gasteiger partial charge in [-0.15, -0.1) is 0 Å². The van der Waals surface area contributed by atoms with Crippen molar-refractivity contribution < 1.29 is 8.42 Å². The summed E-state index contributed by atoms with van der Waals surface area (Å²) in [7, 11) is -3.42. The molecule has 0 aliphatic heterocycles. The Bertz CT molecular complexity index is 439. The van der Waals surface area contributed by atoms with E-state index in [2.05, 4.69) is 9.71 Å². The topological polar surface area (TPSA) is 59.1 Å². The van der Waals surface area contributed by atoms with E-state index in [-0.39, 0.29) is 5.03 Å². The van der Waals surface area contributed by atoms with E-state index in [0.29, 0.717) is 12.5 Å². The normalized spacial score (nSPS) is 18.1. The smallest absolute Gasteiger partial charge is 0.243 e. The van der Waals surface area contributed by atoms with Gasteiger partial charge in [-0.25, -0.2) is 18.1 Å². The second kappa shape index (κ2) is 5.60. The molecule has 0 amide bonds. The number of rotatable bonds is 4. The summed E-state index contributed by atoms with van der Waals surface area (Å²) in [6.07, 6.45) is 7.47. The molecule has 17 heavy (non-hydrogen) atoms. The van der Waals surface area contributed by atoms with E-state index in [1.807, 2.05) is 0 Å². The summed E-state index contributed by atoms with van der Waals surface area (Å²) in [6.45, 7) is 0.541. The highest BCUT2D eigenvalue weighted by Crippen LogP contribution is 2.23. The molecule has 0 radical (unpaired) electrons. The molecule has 1 fully saturated rings. The first-order valence-corrected chi connectivity index (χ1v) is 7.57. The fourth-order valence-electron chi connectivity index (χ4n) is 2.20. The average molecular weight is 254 g/mol. The molecule has 0 spiro atoms. The molecule has 1 aliphatic carbocycles. The first-order chi connectivity index (χ1) is 8.18. The number of pyridine rings is 1. The maximum Gasteiger partial charge on any atom is 0.258 e. The van der Waals surface area contributed by atoms with Crippen molar-refractivity contribution in [3.05, 3.63) is 24.4 Å². The number of aromatic nitrogens is 1. The van der Waals surface area contributed by atoms with Gasteiger partial charge in [-0.2, -0.15) is 0 Å². The molecule has 0 bridgehead atoms. The third kappa shape index (κ3) is 3.51. The lowest BCUT2D eigenvalue weighted by molar-refractivity contribution is 0.357. The van der Waals surface area contributed by atoms with E-state index in [1.54, 1.807) is 12.1 Å². The number of hydrogen-bond donors (Lipinski definition) is 1. The van der Waals surface area contributed by atoms with Gasteiger partial charge in [0.05, 0.1) is 0 Å². The zero-order valence-electron chi connectivity index (χ0n) is 9.80. The van der Waals surface area contributed by atoms with Crippen molar-refractivity contribution in [2.45, 2.75) is 37.1 Å². The van der Waals surface area contributed by atoms with Crippen LogP contribution in [0.3, 0.4) is 0 Å². The molecular formula is C12H18N2O2S. The van der Waals surface area contributed by atoms with Crippen molar-refractivity contribution in [1.29, 1.82) is 0 Å². The molecule has 0 unspecified atom stereocenters. The van der Waals surface area contributed by atoms with Crippen LogP contribution in [0.4, 0.5) is 0 Å². The molecule has 1 heterocycles. The lowest BCUT2D eigenvalue weighted by Gasteiger charge is -2.21. The minimum atomic E-state index is -3.42. The molecular weight excluding hydrogens is 236 g/mol. The first kappa shape index (κ1) is 12.5. The fourth-order valence-corrected chi connectivity index (χ4v) is 3.26. The molecule has 1 N–H and O–H groups in total. The van der Waals surface area contributed by atoms with Crippen LogP contribution in [0, 0.1) is 5.92 Å². The minimum absolute atomic E-state index is 0.107. The predicted molar refractivity (Wildman–Crippen MR) is 66.0 cm³/mol. The van der Waals surface area contributed by atoms with Gasteiger partial charge in [0.2, 0.25) is 0 Å². The maximum atomic E-state index is 11.9. The summed E-state index contributed by atoms with van der Waals surface area (Å²) < 4.78 is 26.5. The van der Waals surface area contributed by atoms with Gasteiger partial charge in [0.15, 0.2) is 5.03 Å². The molecule has 2 rings (SSSR count). The SMILES string of the molecule is O=S(=O)(NCC1CCCCC1)c1ccccn1. The maximum absolute atomic E-state index is 11.9. The van der Waals surface area contributed by atoms with Crippen LogP contribution >= 0.6 is 0 Å². The monoisotopic (exact) mass is 254 g/mol. The quantitative estimate of drug-likeness (QED) is 0.893. The van der Waals surface area contributed by atoms with Crippen molar-refractivity contribution in [3.63, 3.8) is 0 Å². The van der Waals surface area contributed by atoms with Gasteiger partial charge in [-0.3, -0.25) is 0 Å². The van der Waals surface area contributed by atoms with E-state index in [1.165, 1.54) is 31.5 Å². The van der Waals surface area contributed by atoms with Crippen LogP contribution in [0.1, 0.15) is 32.1 Å². The number of nitrogens with one attached hydrogen (secondary N) is 1. The Morgan fingerprint density at radius 2 is 2.00 bits per heavy atom. The van der Waals surface area contributed by atoms with Crippen molar-refractivity contribution >= 4 is 10.0 Å². The summed E-state index contributed by atoms with van der Waals surface area (Å²) in [4.78, 5) is 3.86. The Morgan fingerprint density at radius 1 is 1.24 bits per heavy atom. The Morgan fingerprint density at radius 3 is 2.65 bits per heavy atom. The molecule has 1 aromatic rings. The second-order valence-electron chi connectivity index (χ2n) is 4.52. The van der Waals surface area contributed by atoms with Gasteiger partial charge < -0.3 is 0 Å². The van der Waals surface area contributed by atoms with Crippen molar-refractivity contribution in [2.24, 2.45) is 5.92 Å². The van der Waals surface area contributed by atoms with Gasteiger partial charge in [0.25, 0.3) is 10.0 Å². The Balaban J connectivity index is 1.94. The van der Waals surface area contributed by atoms with E-state index in [4.69, 9.17) is 0 Å². The molecule has 1 aliphatic rings. The first-order valence-electron chi connectivity index (χ1n) is 6.09. The van der Waals surface area contributed by atoms with Crippen LogP contribution in [-0.2, 0) is 10.0 Å². The van der Waals surface area contributed by atoms with Crippen LogP contribution in [0.5, 0.6) is 0 Å². The van der Waals surface area contributed by atoms with E-state index >= 15 is 0 Å². The molecule has 1 saturated carbocycles. The molecule has 0 atom stereocenters. The van der Waals surface area contributed by atoms with Gasteiger partial charge in [0.1, 0.15) is 0 Å².